The summed E-state index contributed by atoms with van der Waals surface area (Å²) in [5.41, 5.74) is -1.65. The molecule has 0 radical (unpaired) electrons. The van der Waals surface area contributed by atoms with E-state index in [9.17, 15) is 32.9 Å². The Bertz CT molecular complexity index is 1000. The maximum atomic E-state index is 13.2. The molecule has 1 amide bonds. The Morgan fingerprint density at radius 1 is 1.16 bits per heavy atom. The molecule has 1 aliphatic heterocycles. The van der Waals surface area contributed by atoms with Crippen LogP contribution in [0.3, 0.4) is 0 Å². The predicted octanol–water partition coefficient (Wildman–Crippen LogP) is 4.36. The van der Waals surface area contributed by atoms with E-state index >= 15 is 0 Å². The van der Waals surface area contributed by atoms with E-state index in [0.29, 0.717) is 19.6 Å². The van der Waals surface area contributed by atoms with Crippen LogP contribution in [-0.4, -0.2) is 59.1 Å². The summed E-state index contributed by atoms with van der Waals surface area (Å²) in [6.45, 7) is 1.63. The topological polar surface area (TPSA) is 83.8 Å². The molecule has 0 saturated carbocycles. The minimum Gasteiger partial charge on any atom is -0.336 e. The second-order valence-corrected chi connectivity index (χ2v) is 8.53. The fourth-order valence-electron chi connectivity index (χ4n) is 3.27. The fourth-order valence-corrected chi connectivity index (χ4v) is 4.46. The molecule has 7 nitrogen and oxygen atoms in total. The van der Waals surface area contributed by atoms with E-state index in [0.717, 1.165) is 23.5 Å². The number of hydrogen-bond acceptors (Lipinski definition) is 6. The minimum atomic E-state index is -4.62. The van der Waals surface area contributed by atoms with Gasteiger partial charge in [0.25, 0.3) is 11.6 Å². The molecule has 0 bridgehead atoms. The number of piperazine rings is 1. The van der Waals surface area contributed by atoms with Gasteiger partial charge in [0.2, 0.25) is 0 Å². The van der Waals surface area contributed by atoms with Crippen LogP contribution in [0.15, 0.2) is 30.3 Å². The number of hydrogen-bond donors (Lipinski definition) is 0. The zero-order valence-electron chi connectivity index (χ0n) is 16.0. The molecule has 1 fully saturated rings. The minimum absolute atomic E-state index is 0.0559. The van der Waals surface area contributed by atoms with Gasteiger partial charge in [-0.05, 0) is 12.1 Å². The number of nitrogens with zero attached hydrogens (tertiary/aromatic N) is 3. The van der Waals surface area contributed by atoms with Crippen LogP contribution in [0.25, 0.3) is 0 Å². The Kier molecular flexibility index (Phi) is 6.97. The monoisotopic (exact) mass is 475 g/mol. The van der Waals surface area contributed by atoms with Crippen molar-refractivity contribution in [1.82, 2.24) is 9.80 Å². The maximum Gasteiger partial charge on any atom is 0.417 e. The van der Waals surface area contributed by atoms with Crippen molar-refractivity contribution in [3.63, 3.8) is 0 Å². The van der Waals surface area contributed by atoms with Crippen LogP contribution in [0.2, 0.25) is 4.34 Å². The van der Waals surface area contributed by atoms with Gasteiger partial charge >= 0.3 is 6.18 Å². The van der Waals surface area contributed by atoms with Crippen LogP contribution in [0.1, 0.15) is 32.0 Å². The molecule has 0 N–H and O–H groups in total. The highest BCUT2D eigenvalue weighted by atomic mass is 35.5. The van der Waals surface area contributed by atoms with Crippen molar-refractivity contribution in [2.24, 2.45) is 0 Å². The molecule has 2 heterocycles. The largest absolute Gasteiger partial charge is 0.417 e. The number of thiophene rings is 1. The molecule has 1 aromatic heterocycles. The number of alkyl halides is 3. The zero-order chi connectivity index (χ0) is 22.8. The highest BCUT2D eigenvalue weighted by molar-refractivity contribution is 7.18. The van der Waals surface area contributed by atoms with Crippen molar-refractivity contribution in [2.45, 2.75) is 12.6 Å². The second-order valence-electron chi connectivity index (χ2n) is 6.88. The summed E-state index contributed by atoms with van der Waals surface area (Å²) in [6.07, 6.45) is -4.51. The second kappa shape index (κ2) is 9.33. The SMILES string of the molecule is O=C(CCN1CCN(C(=O)c2ccccc2C(F)(F)F)CC1)c1cc([N+](=O)[O-])c(Cl)s1. The van der Waals surface area contributed by atoms with Gasteiger partial charge in [-0.15, -0.1) is 11.3 Å². The molecule has 0 unspecified atom stereocenters. The van der Waals surface area contributed by atoms with Gasteiger partial charge in [-0.3, -0.25) is 24.6 Å². The van der Waals surface area contributed by atoms with E-state index in [-0.39, 0.29) is 45.8 Å². The lowest BCUT2D eigenvalue weighted by Gasteiger charge is -2.35. The first kappa shape index (κ1) is 23.2. The van der Waals surface area contributed by atoms with E-state index in [1.54, 1.807) is 0 Å². The van der Waals surface area contributed by atoms with Crippen molar-refractivity contribution in [1.29, 1.82) is 0 Å². The number of carbonyl (C=O) groups excluding carboxylic acids is 2. The molecule has 1 aliphatic rings. The Morgan fingerprint density at radius 2 is 1.81 bits per heavy atom. The Morgan fingerprint density at radius 3 is 2.39 bits per heavy atom. The average Bonchev–Trinajstić information content (AvgIpc) is 3.13. The van der Waals surface area contributed by atoms with Crippen molar-refractivity contribution in [3.8, 4) is 0 Å². The lowest BCUT2D eigenvalue weighted by atomic mass is 10.1. The summed E-state index contributed by atoms with van der Waals surface area (Å²) >= 11 is 6.63. The molecule has 31 heavy (non-hydrogen) atoms. The van der Waals surface area contributed by atoms with Gasteiger partial charge in [0.15, 0.2) is 10.1 Å². The molecule has 1 aromatic carbocycles. The molecule has 2 aromatic rings. The van der Waals surface area contributed by atoms with E-state index < -0.39 is 22.6 Å². The van der Waals surface area contributed by atoms with Gasteiger partial charge in [-0.2, -0.15) is 13.2 Å². The Hall–Kier alpha value is -2.50. The van der Waals surface area contributed by atoms with Crippen molar-refractivity contribution < 1.29 is 27.7 Å². The molecule has 0 aliphatic carbocycles. The van der Waals surface area contributed by atoms with Crippen molar-refractivity contribution in [3.05, 3.63) is 60.8 Å². The molecule has 12 heteroatoms. The molecule has 1 saturated heterocycles. The first-order chi connectivity index (χ1) is 14.6. The van der Waals surface area contributed by atoms with E-state index in [1.165, 1.54) is 23.1 Å². The lowest BCUT2D eigenvalue weighted by Crippen LogP contribution is -2.49. The van der Waals surface area contributed by atoms with Gasteiger partial charge in [0.1, 0.15) is 0 Å². The van der Waals surface area contributed by atoms with Gasteiger partial charge in [-0.25, -0.2) is 0 Å². The van der Waals surface area contributed by atoms with E-state index in [2.05, 4.69) is 0 Å². The summed E-state index contributed by atoms with van der Waals surface area (Å²) in [6, 6.07) is 5.84. The van der Waals surface area contributed by atoms with E-state index in [4.69, 9.17) is 11.6 Å². The number of carbonyl (C=O) groups is 2. The molecule has 3 rings (SSSR count). The predicted molar refractivity (Wildman–Crippen MR) is 109 cm³/mol. The summed E-state index contributed by atoms with van der Waals surface area (Å²) in [7, 11) is 0. The third kappa shape index (κ3) is 5.41. The summed E-state index contributed by atoms with van der Waals surface area (Å²) in [5, 5.41) is 10.8. The molecule has 166 valence electrons. The highest BCUT2D eigenvalue weighted by Gasteiger charge is 2.36. The van der Waals surface area contributed by atoms with Crippen LogP contribution >= 0.6 is 22.9 Å². The highest BCUT2D eigenvalue weighted by Crippen LogP contribution is 2.34. The first-order valence-electron chi connectivity index (χ1n) is 9.22. The maximum absolute atomic E-state index is 13.2. The van der Waals surface area contributed by atoms with Crippen molar-refractivity contribution in [2.75, 3.05) is 32.7 Å². The molecular weight excluding hydrogens is 459 g/mol. The zero-order valence-corrected chi connectivity index (χ0v) is 17.6. The third-order valence-electron chi connectivity index (χ3n) is 4.92. The van der Waals surface area contributed by atoms with E-state index in [1.807, 2.05) is 4.90 Å². The Balaban J connectivity index is 1.55. The van der Waals surface area contributed by atoms with Crippen LogP contribution in [0.5, 0.6) is 0 Å². The van der Waals surface area contributed by atoms with Crippen LogP contribution in [-0.2, 0) is 6.18 Å². The third-order valence-corrected chi connectivity index (χ3v) is 6.30. The number of rotatable bonds is 6. The number of halogens is 4. The number of benzene rings is 1. The standard InChI is InChI=1S/C19H17ClF3N3O4S/c20-17-14(26(29)30)11-16(31-17)15(27)5-6-24-7-9-25(10-8-24)18(28)12-3-1-2-4-13(12)19(21,22)23/h1-4,11H,5-10H2. The van der Waals surface area contributed by atoms with Gasteiger partial charge < -0.3 is 4.90 Å². The van der Waals surface area contributed by atoms with Gasteiger partial charge in [0.05, 0.1) is 20.9 Å². The molecule has 0 spiro atoms. The van der Waals surface area contributed by atoms with Crippen LogP contribution in [0.4, 0.5) is 18.9 Å². The first-order valence-corrected chi connectivity index (χ1v) is 10.4. The van der Waals surface area contributed by atoms with Gasteiger partial charge in [0, 0.05) is 45.2 Å². The normalized spacial score (nSPS) is 15.2. The average molecular weight is 476 g/mol. The van der Waals surface area contributed by atoms with Crippen molar-refractivity contribution >= 4 is 40.3 Å². The molecule has 0 atom stereocenters. The van der Waals surface area contributed by atoms with Crippen LogP contribution in [0, 0.1) is 10.1 Å². The number of ketones is 1. The quantitative estimate of drug-likeness (QED) is 0.352. The summed E-state index contributed by atoms with van der Waals surface area (Å²) < 4.78 is 39.5. The lowest BCUT2D eigenvalue weighted by molar-refractivity contribution is -0.384. The Labute approximate surface area is 184 Å². The van der Waals surface area contributed by atoms with Gasteiger partial charge in [-0.1, -0.05) is 23.7 Å². The smallest absolute Gasteiger partial charge is 0.336 e. The fraction of sp³-hybridized carbons (Fsp3) is 0.368. The number of Topliss-reactive ketones (excluding diaryl/α,β-unsaturated/α-hetero) is 1. The number of nitro groups is 1. The van der Waals surface area contributed by atoms with Crippen LogP contribution < -0.4 is 0 Å². The summed E-state index contributed by atoms with van der Waals surface area (Å²) in [4.78, 5) is 38.6. The number of amides is 1. The molecular formula is C19H17ClF3N3O4S. The summed E-state index contributed by atoms with van der Waals surface area (Å²) in [5.74, 6) is -0.957.